The molecule has 7 rings (SSSR count). The van der Waals surface area contributed by atoms with Crippen LogP contribution in [0.4, 0.5) is 0 Å². The van der Waals surface area contributed by atoms with Gasteiger partial charge in [0, 0.05) is 32.9 Å². The number of rotatable bonds is 3. The Hall–Kier alpha value is -4.30. The molecule has 0 radical (unpaired) electrons. The Balaban J connectivity index is 1.60. The first-order chi connectivity index (χ1) is 17.2. The quantitative estimate of drug-likeness (QED) is 0.254. The van der Waals surface area contributed by atoms with Crippen LogP contribution in [-0.4, -0.2) is 9.13 Å². The number of aromatic nitrogens is 2. The summed E-state index contributed by atoms with van der Waals surface area (Å²) in [5.74, 6) is 0.412. The molecule has 168 valence electrons. The van der Waals surface area contributed by atoms with E-state index in [-0.39, 0.29) is 0 Å². The van der Waals surface area contributed by atoms with E-state index in [2.05, 4.69) is 138 Å². The van der Waals surface area contributed by atoms with Gasteiger partial charge in [0.05, 0.1) is 22.1 Å². The molecule has 0 amide bonds. The maximum absolute atomic E-state index is 2.42. The third-order valence-corrected chi connectivity index (χ3v) is 7.27. The number of para-hydroxylation sites is 4. The normalized spacial score (nSPS) is 12.0. The summed E-state index contributed by atoms with van der Waals surface area (Å²) in [4.78, 5) is 0. The number of benzene rings is 5. The molecule has 35 heavy (non-hydrogen) atoms. The van der Waals surface area contributed by atoms with Gasteiger partial charge in [0.2, 0.25) is 0 Å². The van der Waals surface area contributed by atoms with Crippen LogP contribution >= 0.6 is 0 Å². The van der Waals surface area contributed by atoms with Crippen molar-refractivity contribution in [3.63, 3.8) is 0 Å². The maximum atomic E-state index is 2.42. The zero-order chi connectivity index (χ0) is 23.5. The van der Waals surface area contributed by atoms with Crippen LogP contribution < -0.4 is 0 Å². The van der Waals surface area contributed by atoms with Crippen LogP contribution in [0, 0.1) is 0 Å². The highest BCUT2D eigenvalue weighted by Crippen LogP contribution is 2.36. The van der Waals surface area contributed by atoms with Gasteiger partial charge in [0.15, 0.2) is 0 Å². The third kappa shape index (κ3) is 2.96. The summed E-state index contributed by atoms with van der Waals surface area (Å²) in [7, 11) is 0. The van der Waals surface area contributed by atoms with Crippen LogP contribution in [0.1, 0.15) is 25.3 Å². The average molecular weight is 451 g/mol. The summed E-state index contributed by atoms with van der Waals surface area (Å²) in [5.41, 5.74) is 8.69. The van der Waals surface area contributed by atoms with E-state index in [0.29, 0.717) is 5.92 Å². The van der Waals surface area contributed by atoms with Gasteiger partial charge in [-0.25, -0.2) is 0 Å². The topological polar surface area (TPSA) is 9.86 Å². The molecule has 7 aromatic rings. The van der Waals surface area contributed by atoms with Gasteiger partial charge in [-0.2, -0.15) is 0 Å². The molecule has 0 atom stereocenters. The SMILES string of the molecule is CC(C)c1cc(-n2c3ccccc3c3ccccc32)cc(-n2c3ccccc3c3ccccc32)c1. The van der Waals surface area contributed by atoms with Crippen LogP contribution in [0.2, 0.25) is 0 Å². The molecule has 5 aromatic carbocycles. The summed E-state index contributed by atoms with van der Waals surface area (Å²) in [6.07, 6.45) is 0. The van der Waals surface area contributed by atoms with E-state index >= 15 is 0 Å². The molecule has 0 N–H and O–H groups in total. The number of hydrogen-bond donors (Lipinski definition) is 0. The highest BCUT2D eigenvalue weighted by atomic mass is 15.0. The summed E-state index contributed by atoms with van der Waals surface area (Å²) in [6.45, 7) is 4.56. The van der Waals surface area contributed by atoms with Gasteiger partial charge < -0.3 is 9.13 Å². The smallest absolute Gasteiger partial charge is 0.0541 e. The van der Waals surface area contributed by atoms with E-state index in [4.69, 9.17) is 0 Å². The van der Waals surface area contributed by atoms with E-state index in [0.717, 1.165) is 0 Å². The molecule has 2 aromatic heterocycles. The maximum Gasteiger partial charge on any atom is 0.0541 e. The minimum atomic E-state index is 0.412. The summed E-state index contributed by atoms with van der Waals surface area (Å²) in [5, 5.41) is 5.15. The lowest BCUT2D eigenvalue weighted by atomic mass is 10.0. The van der Waals surface area contributed by atoms with Crippen molar-refractivity contribution < 1.29 is 0 Å². The van der Waals surface area contributed by atoms with Crippen molar-refractivity contribution in [2.24, 2.45) is 0 Å². The zero-order valence-electron chi connectivity index (χ0n) is 19.9. The Morgan fingerprint density at radius 2 is 0.743 bits per heavy atom. The molecule has 2 heterocycles. The predicted octanol–water partition coefficient (Wildman–Crippen LogP) is 9.00. The molecule has 0 fully saturated rings. The van der Waals surface area contributed by atoms with Crippen molar-refractivity contribution in [1.82, 2.24) is 9.13 Å². The van der Waals surface area contributed by atoms with Crippen LogP contribution in [0.3, 0.4) is 0 Å². The Morgan fingerprint density at radius 3 is 1.06 bits per heavy atom. The molecule has 0 aliphatic heterocycles. The highest BCUT2D eigenvalue weighted by Gasteiger charge is 2.17. The minimum absolute atomic E-state index is 0.412. The average Bonchev–Trinajstić information content (AvgIpc) is 3.42. The van der Waals surface area contributed by atoms with Crippen molar-refractivity contribution in [1.29, 1.82) is 0 Å². The fourth-order valence-electron chi connectivity index (χ4n) is 5.61. The summed E-state index contributed by atoms with van der Waals surface area (Å²) >= 11 is 0. The third-order valence-electron chi connectivity index (χ3n) is 7.27. The van der Waals surface area contributed by atoms with E-state index in [9.17, 15) is 0 Å². The summed E-state index contributed by atoms with van der Waals surface area (Å²) < 4.78 is 4.85. The van der Waals surface area contributed by atoms with Crippen molar-refractivity contribution in [3.8, 4) is 11.4 Å². The first-order valence-electron chi connectivity index (χ1n) is 12.3. The first-order valence-corrected chi connectivity index (χ1v) is 12.3. The molecule has 0 aliphatic carbocycles. The molecular formula is C33H26N2. The Morgan fingerprint density at radius 1 is 0.429 bits per heavy atom. The number of hydrogen-bond acceptors (Lipinski definition) is 0. The second kappa shape index (κ2) is 7.61. The van der Waals surface area contributed by atoms with E-state index in [1.165, 1.54) is 60.5 Å². The lowest BCUT2D eigenvalue weighted by Gasteiger charge is -2.17. The standard InChI is InChI=1S/C33H26N2/c1-22(2)23-19-24(34-30-15-7-3-11-26(30)27-12-4-8-16-31(27)34)21-25(20-23)35-32-17-9-5-13-28(32)29-14-6-10-18-33(29)35/h3-22H,1-2H3. The molecule has 0 saturated carbocycles. The molecular weight excluding hydrogens is 424 g/mol. The van der Waals surface area contributed by atoms with E-state index in [1.54, 1.807) is 0 Å². The summed E-state index contributed by atoms with van der Waals surface area (Å²) in [6, 6.07) is 42.0. The molecule has 0 aliphatic rings. The second-order valence-corrected chi connectivity index (χ2v) is 9.68. The highest BCUT2D eigenvalue weighted by molar-refractivity contribution is 6.10. The van der Waals surface area contributed by atoms with Crippen LogP contribution in [0.15, 0.2) is 115 Å². The lowest BCUT2D eigenvalue weighted by molar-refractivity contribution is 0.862. The minimum Gasteiger partial charge on any atom is -0.309 e. The van der Waals surface area contributed by atoms with Crippen molar-refractivity contribution in [3.05, 3.63) is 121 Å². The zero-order valence-corrected chi connectivity index (χ0v) is 19.9. The predicted molar refractivity (Wildman–Crippen MR) is 149 cm³/mol. The molecule has 0 spiro atoms. The van der Waals surface area contributed by atoms with Gasteiger partial charge in [-0.05, 0) is 53.9 Å². The molecule has 2 nitrogen and oxygen atoms in total. The van der Waals surface area contributed by atoms with Crippen molar-refractivity contribution >= 4 is 43.6 Å². The van der Waals surface area contributed by atoms with Gasteiger partial charge in [0.25, 0.3) is 0 Å². The molecule has 0 unspecified atom stereocenters. The van der Waals surface area contributed by atoms with Gasteiger partial charge in [0.1, 0.15) is 0 Å². The largest absolute Gasteiger partial charge is 0.309 e. The van der Waals surface area contributed by atoms with E-state index < -0.39 is 0 Å². The van der Waals surface area contributed by atoms with Crippen LogP contribution in [0.25, 0.3) is 55.0 Å². The monoisotopic (exact) mass is 450 g/mol. The lowest BCUT2D eigenvalue weighted by Crippen LogP contribution is -2.02. The van der Waals surface area contributed by atoms with E-state index in [1.807, 2.05) is 0 Å². The van der Waals surface area contributed by atoms with Crippen molar-refractivity contribution in [2.75, 3.05) is 0 Å². The Bertz CT molecular complexity index is 1640. The van der Waals surface area contributed by atoms with Gasteiger partial charge >= 0.3 is 0 Å². The fraction of sp³-hybridized carbons (Fsp3) is 0.0909. The van der Waals surface area contributed by atoms with Gasteiger partial charge in [-0.3, -0.25) is 0 Å². The van der Waals surface area contributed by atoms with Gasteiger partial charge in [-0.15, -0.1) is 0 Å². The number of nitrogens with zero attached hydrogens (tertiary/aromatic N) is 2. The van der Waals surface area contributed by atoms with Crippen LogP contribution in [-0.2, 0) is 0 Å². The number of fused-ring (bicyclic) bond motifs is 6. The van der Waals surface area contributed by atoms with Crippen molar-refractivity contribution in [2.45, 2.75) is 19.8 Å². The van der Waals surface area contributed by atoms with Crippen LogP contribution in [0.5, 0.6) is 0 Å². The fourth-order valence-corrected chi connectivity index (χ4v) is 5.61. The molecule has 2 heteroatoms. The second-order valence-electron chi connectivity index (χ2n) is 9.68. The van der Waals surface area contributed by atoms with Gasteiger partial charge in [-0.1, -0.05) is 86.6 Å². The first kappa shape index (κ1) is 20.1. The molecule has 0 saturated heterocycles. The molecule has 0 bridgehead atoms. The Labute approximate surface area is 204 Å². The Kier molecular flexibility index (Phi) is 4.37.